The molecular formula is C29H31F2NO2. The van der Waals surface area contributed by atoms with Crippen molar-refractivity contribution in [3.05, 3.63) is 106 Å². The molecule has 0 aromatic heterocycles. The van der Waals surface area contributed by atoms with Gasteiger partial charge in [-0.2, -0.15) is 0 Å². The predicted molar refractivity (Wildman–Crippen MR) is 131 cm³/mol. The van der Waals surface area contributed by atoms with Gasteiger partial charge in [-0.15, -0.1) is 0 Å². The summed E-state index contributed by atoms with van der Waals surface area (Å²) in [6.45, 7) is 3.52. The van der Waals surface area contributed by atoms with Gasteiger partial charge in [0.1, 0.15) is 11.6 Å². The Balaban J connectivity index is 1.82. The van der Waals surface area contributed by atoms with Crippen LogP contribution in [0.4, 0.5) is 8.78 Å². The van der Waals surface area contributed by atoms with E-state index in [9.17, 15) is 19.0 Å². The van der Waals surface area contributed by atoms with Crippen molar-refractivity contribution in [1.29, 1.82) is 0 Å². The van der Waals surface area contributed by atoms with Gasteiger partial charge >= 0.3 is 0 Å². The molecule has 1 atom stereocenters. The number of aryl methyl sites for hydroxylation is 3. The Labute approximate surface area is 200 Å². The zero-order valence-electron chi connectivity index (χ0n) is 19.6. The molecule has 0 saturated carbocycles. The second-order valence-corrected chi connectivity index (χ2v) is 9.02. The summed E-state index contributed by atoms with van der Waals surface area (Å²) in [7, 11) is 0. The Kier molecular flexibility index (Phi) is 8.57. The molecule has 5 heteroatoms. The molecule has 3 aromatic rings. The first-order valence-electron chi connectivity index (χ1n) is 11.3. The Morgan fingerprint density at radius 1 is 0.853 bits per heavy atom. The zero-order chi connectivity index (χ0) is 24.7. The summed E-state index contributed by atoms with van der Waals surface area (Å²) in [5.74, 6) is 4.75. The molecule has 3 aromatic carbocycles. The summed E-state index contributed by atoms with van der Waals surface area (Å²) in [4.78, 5) is 0. The van der Waals surface area contributed by atoms with Gasteiger partial charge in [-0.3, -0.25) is 0 Å². The second kappa shape index (κ2) is 11.4. The fourth-order valence-electron chi connectivity index (χ4n) is 3.72. The highest BCUT2D eigenvalue weighted by atomic mass is 19.1. The number of hydrogen-bond acceptors (Lipinski definition) is 3. The van der Waals surface area contributed by atoms with Crippen LogP contribution in [0.1, 0.15) is 45.7 Å². The first-order valence-corrected chi connectivity index (χ1v) is 11.3. The van der Waals surface area contributed by atoms with E-state index in [1.54, 1.807) is 0 Å². The molecule has 4 N–H and O–H groups in total. The van der Waals surface area contributed by atoms with Gasteiger partial charge in [0.05, 0.1) is 18.8 Å². The van der Waals surface area contributed by atoms with Crippen LogP contribution in [0.5, 0.6) is 0 Å². The van der Waals surface area contributed by atoms with E-state index < -0.39 is 17.2 Å². The van der Waals surface area contributed by atoms with Crippen LogP contribution in [0.2, 0.25) is 0 Å². The molecule has 3 rings (SSSR count). The van der Waals surface area contributed by atoms with E-state index in [-0.39, 0.29) is 19.1 Å². The first kappa shape index (κ1) is 25.6. The maximum atomic E-state index is 13.9. The first-order chi connectivity index (χ1) is 16.2. The monoisotopic (exact) mass is 463 g/mol. The third-order valence-corrected chi connectivity index (χ3v) is 6.18. The minimum atomic E-state index is -1.000. The summed E-state index contributed by atoms with van der Waals surface area (Å²) < 4.78 is 27.9. The van der Waals surface area contributed by atoms with E-state index in [1.165, 1.54) is 17.7 Å². The lowest BCUT2D eigenvalue weighted by atomic mass is 9.90. The van der Waals surface area contributed by atoms with Crippen molar-refractivity contribution in [2.75, 3.05) is 13.2 Å². The number of aliphatic hydroxyl groups is 2. The lowest BCUT2D eigenvalue weighted by molar-refractivity contribution is 0.115. The van der Waals surface area contributed by atoms with Gasteiger partial charge in [0, 0.05) is 17.5 Å². The minimum Gasteiger partial charge on any atom is -0.394 e. The van der Waals surface area contributed by atoms with E-state index in [0.717, 1.165) is 28.3 Å². The number of nitrogens with two attached hydrogens (primary N) is 1. The number of hydrogen-bond donors (Lipinski definition) is 3. The third-order valence-electron chi connectivity index (χ3n) is 6.18. The van der Waals surface area contributed by atoms with Crippen molar-refractivity contribution in [2.24, 2.45) is 5.73 Å². The maximum Gasteiger partial charge on any atom is 0.126 e. The van der Waals surface area contributed by atoms with Crippen molar-refractivity contribution in [3.63, 3.8) is 0 Å². The second-order valence-electron chi connectivity index (χ2n) is 9.02. The number of halogens is 2. The molecule has 3 nitrogen and oxygen atoms in total. The Hall–Kier alpha value is -3.04. The SMILES string of the molecule is Cc1ccc(CC(C#Cc2ccc(CCC(N)(CO)CO)cc2)c2cc(F)cc(F)c2)cc1C. The summed E-state index contributed by atoms with van der Waals surface area (Å²) in [5.41, 5.74) is 10.7. The summed E-state index contributed by atoms with van der Waals surface area (Å²) in [6, 6.07) is 17.3. The molecule has 0 spiro atoms. The molecule has 0 aliphatic rings. The number of benzene rings is 3. The Bertz CT molecular complexity index is 1150. The molecule has 0 fully saturated rings. The van der Waals surface area contributed by atoms with E-state index in [1.807, 2.05) is 50.2 Å². The van der Waals surface area contributed by atoms with E-state index in [0.29, 0.717) is 24.8 Å². The minimum absolute atomic E-state index is 0.282. The zero-order valence-corrected chi connectivity index (χ0v) is 19.6. The molecule has 34 heavy (non-hydrogen) atoms. The lowest BCUT2D eigenvalue weighted by Gasteiger charge is -2.24. The normalized spacial score (nSPS) is 12.2. The largest absolute Gasteiger partial charge is 0.394 e. The fourth-order valence-corrected chi connectivity index (χ4v) is 3.72. The van der Waals surface area contributed by atoms with E-state index in [4.69, 9.17) is 5.73 Å². The molecule has 0 bridgehead atoms. The summed E-state index contributed by atoms with van der Waals surface area (Å²) >= 11 is 0. The number of rotatable bonds is 8. The molecule has 1 unspecified atom stereocenters. The average molecular weight is 464 g/mol. The molecule has 0 aliphatic heterocycles. The average Bonchev–Trinajstić information content (AvgIpc) is 2.82. The van der Waals surface area contributed by atoms with Crippen molar-refractivity contribution in [2.45, 2.75) is 44.6 Å². The summed E-state index contributed by atoms with van der Waals surface area (Å²) in [6.07, 6.45) is 1.60. The van der Waals surface area contributed by atoms with Gasteiger partial charge in [0.15, 0.2) is 0 Å². The van der Waals surface area contributed by atoms with Crippen molar-refractivity contribution in [1.82, 2.24) is 0 Å². The van der Waals surface area contributed by atoms with Crippen molar-refractivity contribution >= 4 is 0 Å². The fraction of sp³-hybridized carbons (Fsp3) is 0.310. The molecule has 0 amide bonds. The molecule has 0 heterocycles. The Morgan fingerprint density at radius 3 is 2.06 bits per heavy atom. The van der Waals surface area contributed by atoms with Gasteiger partial charge in [0.25, 0.3) is 0 Å². The molecular weight excluding hydrogens is 432 g/mol. The highest BCUT2D eigenvalue weighted by molar-refractivity contribution is 5.41. The smallest absolute Gasteiger partial charge is 0.126 e. The molecule has 178 valence electrons. The third kappa shape index (κ3) is 6.98. The van der Waals surface area contributed by atoms with Crippen LogP contribution in [0.15, 0.2) is 60.7 Å². The molecule has 0 aliphatic carbocycles. The molecule has 0 saturated heterocycles. The quantitative estimate of drug-likeness (QED) is 0.429. The maximum absolute atomic E-state index is 13.9. The van der Waals surface area contributed by atoms with Gasteiger partial charge in [0.2, 0.25) is 0 Å². The van der Waals surface area contributed by atoms with E-state index in [2.05, 4.69) is 17.9 Å². The topological polar surface area (TPSA) is 66.5 Å². The van der Waals surface area contributed by atoms with Crippen LogP contribution in [0, 0.1) is 37.3 Å². The van der Waals surface area contributed by atoms with Gasteiger partial charge in [-0.05, 0) is 85.2 Å². The van der Waals surface area contributed by atoms with Crippen LogP contribution in [-0.4, -0.2) is 29.0 Å². The van der Waals surface area contributed by atoms with Crippen LogP contribution >= 0.6 is 0 Å². The highest BCUT2D eigenvalue weighted by Crippen LogP contribution is 2.24. The van der Waals surface area contributed by atoms with Gasteiger partial charge in [-0.1, -0.05) is 42.2 Å². The molecule has 0 radical (unpaired) electrons. The van der Waals surface area contributed by atoms with Crippen molar-refractivity contribution < 1.29 is 19.0 Å². The van der Waals surface area contributed by atoms with Crippen LogP contribution < -0.4 is 5.73 Å². The van der Waals surface area contributed by atoms with Crippen LogP contribution in [0.3, 0.4) is 0 Å². The van der Waals surface area contributed by atoms with E-state index >= 15 is 0 Å². The standard InChI is InChI=1S/C29H31F2NO2/c1-20-3-4-24(13-21(20)2)14-25(26-15-27(30)17-28(31)16-26)10-9-22-5-7-23(8-6-22)11-12-29(32,18-33)19-34/h3-8,13,15-17,25,33-34H,11-12,14,18-19,32H2,1-2H3. The van der Waals surface area contributed by atoms with Crippen molar-refractivity contribution in [3.8, 4) is 11.8 Å². The Morgan fingerprint density at radius 2 is 1.47 bits per heavy atom. The summed E-state index contributed by atoms with van der Waals surface area (Å²) in [5, 5.41) is 18.7. The van der Waals surface area contributed by atoms with Gasteiger partial charge < -0.3 is 15.9 Å². The number of aliphatic hydroxyl groups excluding tert-OH is 2. The lowest BCUT2D eigenvalue weighted by Crippen LogP contribution is -2.47. The van der Waals surface area contributed by atoms with Crippen LogP contribution in [0.25, 0.3) is 0 Å². The predicted octanol–water partition coefficient (Wildman–Crippen LogP) is 4.57. The van der Waals surface area contributed by atoms with Crippen LogP contribution in [-0.2, 0) is 12.8 Å². The highest BCUT2D eigenvalue weighted by Gasteiger charge is 2.22. The van der Waals surface area contributed by atoms with Gasteiger partial charge in [-0.25, -0.2) is 8.78 Å².